The van der Waals surface area contributed by atoms with Gasteiger partial charge in [0.05, 0.1) is 34.1 Å². The monoisotopic (exact) mass is 665 g/mol. The summed E-state index contributed by atoms with van der Waals surface area (Å²) in [5.41, 5.74) is 12.3. The Morgan fingerprint density at radius 3 is 1.85 bits per heavy atom. The maximum atomic E-state index is 9.82. The summed E-state index contributed by atoms with van der Waals surface area (Å²) in [6.45, 7) is 0. The molecule has 9 aromatic rings. The highest BCUT2D eigenvalue weighted by molar-refractivity contribution is 6.10. The van der Waals surface area contributed by atoms with Crippen molar-refractivity contribution >= 4 is 33.2 Å². The van der Waals surface area contributed by atoms with Crippen LogP contribution < -0.4 is 5.32 Å². The maximum Gasteiger partial charge on any atom is 0.160 e. The first-order valence-electron chi connectivity index (χ1n) is 17.2. The molecule has 0 spiro atoms. The number of hydrogen-bond donors (Lipinski definition) is 1. The second kappa shape index (κ2) is 13.2. The van der Waals surface area contributed by atoms with Crippen LogP contribution in [0.3, 0.4) is 0 Å². The fourth-order valence-corrected chi connectivity index (χ4v) is 6.91. The zero-order chi connectivity index (χ0) is 34.9. The fraction of sp³-hybridized carbons (Fsp3) is 0. The summed E-state index contributed by atoms with van der Waals surface area (Å²) in [7, 11) is 0. The van der Waals surface area contributed by atoms with Gasteiger partial charge in [0.2, 0.25) is 0 Å². The summed E-state index contributed by atoms with van der Waals surface area (Å²) in [5.74, 6) is 0.656. The van der Waals surface area contributed by atoms with Crippen LogP contribution in [0.25, 0.3) is 72.5 Å². The Morgan fingerprint density at radius 1 is 0.442 bits per heavy atom. The number of nitrogens with zero attached hydrogens (tertiary/aromatic N) is 4. The quantitative estimate of drug-likeness (QED) is 0.184. The molecule has 52 heavy (non-hydrogen) atoms. The van der Waals surface area contributed by atoms with E-state index in [9.17, 15) is 5.26 Å². The molecule has 5 heteroatoms. The summed E-state index contributed by atoms with van der Waals surface area (Å²) in [6, 6.07) is 64.4. The van der Waals surface area contributed by atoms with Gasteiger partial charge in [-0.15, -0.1) is 0 Å². The molecule has 0 fully saturated rings. The minimum absolute atomic E-state index is 0.609. The predicted molar refractivity (Wildman–Crippen MR) is 213 cm³/mol. The van der Waals surface area contributed by atoms with Crippen molar-refractivity contribution < 1.29 is 0 Å². The van der Waals surface area contributed by atoms with Gasteiger partial charge in [0.15, 0.2) is 5.82 Å². The van der Waals surface area contributed by atoms with Crippen LogP contribution in [0.5, 0.6) is 0 Å². The van der Waals surface area contributed by atoms with Gasteiger partial charge >= 0.3 is 0 Å². The van der Waals surface area contributed by atoms with Gasteiger partial charge in [-0.3, -0.25) is 0 Å². The van der Waals surface area contributed by atoms with Crippen molar-refractivity contribution in [1.82, 2.24) is 14.5 Å². The normalized spacial score (nSPS) is 11.1. The van der Waals surface area contributed by atoms with Crippen molar-refractivity contribution in [2.75, 3.05) is 5.32 Å². The highest BCUT2D eigenvalue weighted by atomic mass is 15.0. The first kappa shape index (κ1) is 30.7. The van der Waals surface area contributed by atoms with Gasteiger partial charge in [-0.1, -0.05) is 115 Å². The van der Waals surface area contributed by atoms with Crippen LogP contribution in [0.1, 0.15) is 5.56 Å². The van der Waals surface area contributed by atoms with E-state index < -0.39 is 0 Å². The van der Waals surface area contributed by atoms with Gasteiger partial charge in [-0.2, -0.15) is 5.26 Å². The molecule has 0 aliphatic rings. The standard InChI is InChI=1S/C47H31N5/c48-31-32-13-12-18-35(25-32)36-26-37(44-30-43(33-14-4-1-5-15-33)50-47(51-44)34-16-6-2-7-17-34)28-40(27-36)52-45-22-11-10-21-41(45)42-24-23-39(29-46(42)52)49-38-19-8-3-9-20-38/h1-30,49H. The van der Waals surface area contributed by atoms with E-state index in [0.29, 0.717) is 11.4 Å². The number of hydrogen-bond acceptors (Lipinski definition) is 4. The second-order valence-electron chi connectivity index (χ2n) is 12.7. The van der Waals surface area contributed by atoms with Gasteiger partial charge in [0, 0.05) is 44.5 Å². The Morgan fingerprint density at radius 2 is 1.08 bits per heavy atom. The van der Waals surface area contributed by atoms with Crippen molar-refractivity contribution in [2.45, 2.75) is 0 Å². The summed E-state index contributed by atoms with van der Waals surface area (Å²) in [5, 5.41) is 15.7. The largest absolute Gasteiger partial charge is 0.355 e. The maximum absolute atomic E-state index is 9.82. The van der Waals surface area contributed by atoms with Crippen LogP contribution in [0.2, 0.25) is 0 Å². The SMILES string of the molecule is N#Cc1cccc(-c2cc(-c3cc(-c4ccccc4)nc(-c4ccccc4)n3)cc(-n3c4ccccc4c4ccc(Nc5ccccc5)cc43)c2)c1. The van der Waals surface area contributed by atoms with Crippen LogP contribution >= 0.6 is 0 Å². The molecule has 244 valence electrons. The second-order valence-corrected chi connectivity index (χ2v) is 12.7. The van der Waals surface area contributed by atoms with Crippen LogP contribution in [0.15, 0.2) is 182 Å². The van der Waals surface area contributed by atoms with Crippen molar-refractivity contribution in [3.63, 3.8) is 0 Å². The molecule has 0 atom stereocenters. The molecular weight excluding hydrogens is 635 g/mol. The van der Waals surface area contributed by atoms with Crippen molar-refractivity contribution in [3.8, 4) is 56.8 Å². The Bertz CT molecular complexity index is 2710. The molecule has 0 amide bonds. The van der Waals surface area contributed by atoms with Gasteiger partial charge < -0.3 is 9.88 Å². The summed E-state index contributed by atoms with van der Waals surface area (Å²) in [6.07, 6.45) is 0. The molecule has 0 saturated carbocycles. The Hall–Kier alpha value is -7.29. The number of aromatic nitrogens is 3. The van der Waals surface area contributed by atoms with Crippen molar-refractivity contribution in [1.29, 1.82) is 5.26 Å². The van der Waals surface area contributed by atoms with Gasteiger partial charge in [-0.05, 0) is 77.9 Å². The van der Waals surface area contributed by atoms with E-state index in [1.807, 2.05) is 84.9 Å². The zero-order valence-electron chi connectivity index (χ0n) is 28.1. The van der Waals surface area contributed by atoms with E-state index in [4.69, 9.17) is 9.97 Å². The number of anilines is 2. The van der Waals surface area contributed by atoms with Crippen molar-refractivity contribution in [3.05, 3.63) is 188 Å². The molecular formula is C47H31N5. The Labute approximate surface area is 301 Å². The first-order valence-corrected chi connectivity index (χ1v) is 17.2. The van der Waals surface area contributed by atoms with E-state index in [1.165, 1.54) is 5.39 Å². The third-order valence-electron chi connectivity index (χ3n) is 9.36. The molecule has 0 aliphatic carbocycles. The average molecular weight is 666 g/mol. The Kier molecular flexibility index (Phi) is 7.81. The number of benzene rings is 7. The molecule has 2 aromatic heterocycles. The highest BCUT2D eigenvalue weighted by Crippen LogP contribution is 2.38. The number of para-hydroxylation sites is 2. The minimum atomic E-state index is 0.609. The number of rotatable bonds is 7. The van der Waals surface area contributed by atoms with Crippen molar-refractivity contribution in [2.24, 2.45) is 0 Å². The first-order chi connectivity index (χ1) is 25.7. The van der Waals surface area contributed by atoms with Crippen LogP contribution in [0, 0.1) is 11.3 Å². The molecule has 0 bridgehead atoms. The zero-order valence-corrected chi connectivity index (χ0v) is 28.1. The lowest BCUT2D eigenvalue weighted by atomic mass is 9.98. The van der Waals surface area contributed by atoms with Crippen LogP contribution in [0.4, 0.5) is 11.4 Å². The molecule has 0 saturated heterocycles. The molecule has 1 N–H and O–H groups in total. The van der Waals surface area contributed by atoms with E-state index in [0.717, 1.165) is 72.7 Å². The third kappa shape index (κ3) is 5.85. The van der Waals surface area contributed by atoms with E-state index in [-0.39, 0.29) is 0 Å². The van der Waals surface area contributed by atoms with Crippen LogP contribution in [-0.4, -0.2) is 14.5 Å². The summed E-state index contributed by atoms with van der Waals surface area (Å²) in [4.78, 5) is 10.2. The molecule has 9 rings (SSSR count). The highest BCUT2D eigenvalue weighted by Gasteiger charge is 2.17. The molecule has 0 unspecified atom stereocenters. The van der Waals surface area contributed by atoms with Gasteiger partial charge in [0.1, 0.15) is 0 Å². The summed E-state index contributed by atoms with van der Waals surface area (Å²) < 4.78 is 2.33. The smallest absolute Gasteiger partial charge is 0.160 e. The molecule has 0 aliphatic heterocycles. The molecule has 0 radical (unpaired) electrons. The minimum Gasteiger partial charge on any atom is -0.355 e. The fourth-order valence-electron chi connectivity index (χ4n) is 6.91. The van der Waals surface area contributed by atoms with E-state index in [2.05, 4.69) is 113 Å². The lowest BCUT2D eigenvalue weighted by molar-refractivity contribution is 1.16. The van der Waals surface area contributed by atoms with E-state index >= 15 is 0 Å². The lowest BCUT2D eigenvalue weighted by Gasteiger charge is -2.15. The van der Waals surface area contributed by atoms with Gasteiger partial charge in [-0.25, -0.2) is 9.97 Å². The predicted octanol–water partition coefficient (Wildman–Crippen LogP) is 11.9. The topological polar surface area (TPSA) is 66.5 Å². The average Bonchev–Trinajstić information content (AvgIpc) is 3.55. The third-order valence-corrected chi connectivity index (χ3v) is 9.36. The molecule has 2 heterocycles. The Balaban J connectivity index is 1.31. The summed E-state index contributed by atoms with van der Waals surface area (Å²) >= 11 is 0. The molecule has 5 nitrogen and oxygen atoms in total. The number of nitrogens with one attached hydrogen (secondary N) is 1. The molecule has 7 aromatic carbocycles. The van der Waals surface area contributed by atoms with E-state index in [1.54, 1.807) is 0 Å². The van der Waals surface area contributed by atoms with Crippen LogP contribution in [-0.2, 0) is 0 Å². The van der Waals surface area contributed by atoms with Gasteiger partial charge in [0.25, 0.3) is 0 Å². The lowest BCUT2D eigenvalue weighted by Crippen LogP contribution is -1.99. The number of fused-ring (bicyclic) bond motifs is 3. The number of nitriles is 1.